The van der Waals surface area contributed by atoms with Gasteiger partial charge in [0.2, 0.25) is 5.91 Å². The van der Waals surface area contributed by atoms with Crippen LogP contribution in [0.1, 0.15) is 36.5 Å². The first-order chi connectivity index (χ1) is 12.2. The third kappa shape index (κ3) is 4.83. The van der Waals surface area contributed by atoms with Gasteiger partial charge >= 0.3 is 0 Å². The lowest BCUT2D eigenvalue weighted by Gasteiger charge is -2.09. The second-order valence-electron chi connectivity index (χ2n) is 6.17. The number of rotatable bonds is 7. The molecule has 0 heterocycles. The van der Waals surface area contributed by atoms with Crippen LogP contribution in [0.25, 0.3) is 0 Å². The summed E-state index contributed by atoms with van der Waals surface area (Å²) in [5, 5.41) is 5.72. The summed E-state index contributed by atoms with van der Waals surface area (Å²) in [4.78, 5) is 24.0. The SMILES string of the molecule is CCCOc1ccc(C(=O)Nc2ccc(NC(=O)C3CC3)cc2)cc1. The van der Waals surface area contributed by atoms with Crippen molar-refractivity contribution in [1.82, 2.24) is 0 Å². The zero-order chi connectivity index (χ0) is 17.6. The van der Waals surface area contributed by atoms with Gasteiger partial charge in [0.25, 0.3) is 5.91 Å². The molecule has 0 aliphatic heterocycles. The van der Waals surface area contributed by atoms with Crippen molar-refractivity contribution in [1.29, 1.82) is 0 Å². The van der Waals surface area contributed by atoms with Gasteiger partial charge in [-0.1, -0.05) is 6.92 Å². The minimum atomic E-state index is -0.184. The van der Waals surface area contributed by atoms with E-state index >= 15 is 0 Å². The van der Waals surface area contributed by atoms with Gasteiger partial charge < -0.3 is 15.4 Å². The lowest BCUT2D eigenvalue weighted by Crippen LogP contribution is -2.14. The topological polar surface area (TPSA) is 67.4 Å². The molecule has 3 rings (SSSR count). The maximum absolute atomic E-state index is 12.3. The van der Waals surface area contributed by atoms with Crippen molar-refractivity contribution in [2.24, 2.45) is 5.92 Å². The molecule has 25 heavy (non-hydrogen) atoms. The molecular formula is C20H22N2O3. The van der Waals surface area contributed by atoms with Crippen LogP contribution in [-0.4, -0.2) is 18.4 Å². The molecule has 5 heteroatoms. The molecule has 0 atom stereocenters. The van der Waals surface area contributed by atoms with Gasteiger partial charge in [-0.25, -0.2) is 0 Å². The molecule has 0 spiro atoms. The molecule has 1 saturated carbocycles. The van der Waals surface area contributed by atoms with Crippen LogP contribution >= 0.6 is 0 Å². The number of amides is 2. The maximum Gasteiger partial charge on any atom is 0.255 e. The molecule has 5 nitrogen and oxygen atoms in total. The number of carbonyl (C=O) groups excluding carboxylic acids is 2. The highest BCUT2D eigenvalue weighted by Gasteiger charge is 2.29. The lowest BCUT2D eigenvalue weighted by atomic mass is 10.2. The first-order valence-corrected chi connectivity index (χ1v) is 8.61. The van der Waals surface area contributed by atoms with E-state index in [0.29, 0.717) is 17.9 Å². The van der Waals surface area contributed by atoms with Crippen molar-refractivity contribution in [2.45, 2.75) is 26.2 Å². The summed E-state index contributed by atoms with van der Waals surface area (Å²) < 4.78 is 5.51. The number of hydrogen-bond donors (Lipinski definition) is 2. The quantitative estimate of drug-likeness (QED) is 0.799. The van der Waals surface area contributed by atoms with Gasteiger partial charge in [-0.05, 0) is 67.8 Å². The van der Waals surface area contributed by atoms with E-state index in [4.69, 9.17) is 4.74 Å². The Bertz CT molecular complexity index is 735. The third-order valence-electron chi connectivity index (χ3n) is 3.95. The number of nitrogens with one attached hydrogen (secondary N) is 2. The molecule has 1 aliphatic carbocycles. The average molecular weight is 338 g/mol. The average Bonchev–Trinajstić information content (AvgIpc) is 3.47. The summed E-state index contributed by atoms with van der Waals surface area (Å²) in [5.41, 5.74) is 1.99. The number of anilines is 2. The van der Waals surface area contributed by atoms with Crippen molar-refractivity contribution >= 4 is 23.2 Å². The molecule has 0 saturated heterocycles. The molecule has 2 amide bonds. The van der Waals surface area contributed by atoms with Crippen LogP contribution in [0.4, 0.5) is 11.4 Å². The summed E-state index contributed by atoms with van der Waals surface area (Å²) >= 11 is 0. The predicted molar refractivity (Wildman–Crippen MR) is 98.0 cm³/mol. The van der Waals surface area contributed by atoms with Crippen molar-refractivity contribution in [3.8, 4) is 5.75 Å². The molecule has 1 fully saturated rings. The van der Waals surface area contributed by atoms with Crippen LogP contribution in [0.3, 0.4) is 0 Å². The zero-order valence-electron chi connectivity index (χ0n) is 14.2. The highest BCUT2D eigenvalue weighted by Crippen LogP contribution is 2.30. The Morgan fingerprint density at radius 2 is 1.56 bits per heavy atom. The monoisotopic (exact) mass is 338 g/mol. The molecular weight excluding hydrogens is 316 g/mol. The number of carbonyl (C=O) groups is 2. The smallest absolute Gasteiger partial charge is 0.255 e. The third-order valence-corrected chi connectivity index (χ3v) is 3.95. The van der Waals surface area contributed by atoms with Crippen LogP contribution in [0.5, 0.6) is 5.75 Å². The summed E-state index contributed by atoms with van der Waals surface area (Å²) in [6.07, 6.45) is 2.89. The normalized spacial score (nSPS) is 13.2. The van der Waals surface area contributed by atoms with Gasteiger partial charge in [0.1, 0.15) is 5.75 Å². The Morgan fingerprint density at radius 1 is 0.960 bits per heavy atom. The fraction of sp³-hybridized carbons (Fsp3) is 0.300. The van der Waals surface area contributed by atoms with E-state index in [2.05, 4.69) is 10.6 Å². The van der Waals surface area contributed by atoms with Gasteiger partial charge in [-0.15, -0.1) is 0 Å². The predicted octanol–water partition coefficient (Wildman–Crippen LogP) is 4.08. The Balaban J connectivity index is 1.55. The maximum atomic E-state index is 12.3. The number of hydrogen-bond acceptors (Lipinski definition) is 3. The van der Waals surface area contributed by atoms with Gasteiger partial charge in [-0.3, -0.25) is 9.59 Å². The van der Waals surface area contributed by atoms with E-state index in [-0.39, 0.29) is 17.7 Å². The number of benzene rings is 2. The first kappa shape index (κ1) is 17.0. The van der Waals surface area contributed by atoms with Crippen LogP contribution in [0.15, 0.2) is 48.5 Å². The van der Waals surface area contributed by atoms with Crippen LogP contribution < -0.4 is 15.4 Å². The molecule has 0 aromatic heterocycles. The van der Waals surface area contributed by atoms with E-state index in [1.54, 1.807) is 48.5 Å². The standard InChI is InChI=1S/C20H22N2O3/c1-2-13-25-18-11-5-15(6-12-18)20(24)22-17-9-7-16(8-10-17)21-19(23)14-3-4-14/h5-12,14H,2-4,13H2,1H3,(H,21,23)(H,22,24). The molecule has 2 aromatic rings. The van der Waals surface area contributed by atoms with Crippen LogP contribution in [-0.2, 0) is 4.79 Å². The Kier molecular flexibility index (Phi) is 5.33. The molecule has 0 unspecified atom stereocenters. The molecule has 0 bridgehead atoms. The van der Waals surface area contributed by atoms with E-state index < -0.39 is 0 Å². The molecule has 1 aliphatic rings. The first-order valence-electron chi connectivity index (χ1n) is 8.61. The van der Waals surface area contributed by atoms with Gasteiger partial charge in [0, 0.05) is 22.9 Å². The fourth-order valence-electron chi connectivity index (χ4n) is 2.35. The lowest BCUT2D eigenvalue weighted by molar-refractivity contribution is -0.117. The summed E-state index contributed by atoms with van der Waals surface area (Å²) in [6.45, 7) is 2.71. The second-order valence-corrected chi connectivity index (χ2v) is 6.17. The van der Waals surface area contributed by atoms with E-state index in [9.17, 15) is 9.59 Å². The molecule has 130 valence electrons. The Labute approximate surface area is 147 Å². The second kappa shape index (κ2) is 7.83. The highest BCUT2D eigenvalue weighted by atomic mass is 16.5. The molecule has 0 radical (unpaired) electrons. The van der Waals surface area contributed by atoms with Crippen LogP contribution in [0, 0.1) is 5.92 Å². The Morgan fingerprint density at radius 3 is 2.12 bits per heavy atom. The fourth-order valence-corrected chi connectivity index (χ4v) is 2.35. The minimum absolute atomic E-state index is 0.0715. The van der Waals surface area contributed by atoms with E-state index in [0.717, 1.165) is 30.7 Å². The number of ether oxygens (including phenoxy) is 1. The van der Waals surface area contributed by atoms with Crippen molar-refractivity contribution in [3.05, 3.63) is 54.1 Å². The van der Waals surface area contributed by atoms with Gasteiger partial charge in [0.05, 0.1) is 6.61 Å². The summed E-state index contributed by atoms with van der Waals surface area (Å²) in [5.74, 6) is 0.816. The Hall–Kier alpha value is -2.82. The largest absolute Gasteiger partial charge is 0.494 e. The van der Waals surface area contributed by atoms with Gasteiger partial charge in [0.15, 0.2) is 0 Å². The van der Waals surface area contributed by atoms with Crippen LogP contribution in [0.2, 0.25) is 0 Å². The van der Waals surface area contributed by atoms with E-state index in [1.165, 1.54) is 0 Å². The molecule has 2 N–H and O–H groups in total. The van der Waals surface area contributed by atoms with Gasteiger partial charge in [-0.2, -0.15) is 0 Å². The molecule has 2 aromatic carbocycles. The van der Waals surface area contributed by atoms with Crippen molar-refractivity contribution in [2.75, 3.05) is 17.2 Å². The van der Waals surface area contributed by atoms with Crippen molar-refractivity contribution in [3.63, 3.8) is 0 Å². The zero-order valence-corrected chi connectivity index (χ0v) is 14.2. The van der Waals surface area contributed by atoms with Crippen molar-refractivity contribution < 1.29 is 14.3 Å². The summed E-state index contributed by atoms with van der Waals surface area (Å²) in [6, 6.07) is 14.2. The minimum Gasteiger partial charge on any atom is -0.494 e. The highest BCUT2D eigenvalue weighted by molar-refractivity contribution is 6.04. The van der Waals surface area contributed by atoms with E-state index in [1.807, 2.05) is 6.92 Å². The summed E-state index contributed by atoms with van der Waals surface area (Å²) in [7, 11) is 0.